The van der Waals surface area contributed by atoms with E-state index in [2.05, 4.69) is 11.7 Å². The van der Waals surface area contributed by atoms with Crippen LogP contribution in [0.4, 0.5) is 22.0 Å². The van der Waals surface area contributed by atoms with Crippen LogP contribution in [0, 0.1) is 17.5 Å². The predicted molar refractivity (Wildman–Crippen MR) is 94.5 cm³/mol. The minimum atomic E-state index is -3.36. The first-order valence-electron chi connectivity index (χ1n) is 8.56. The summed E-state index contributed by atoms with van der Waals surface area (Å²) < 4.78 is 71.1. The lowest BCUT2D eigenvalue weighted by Gasteiger charge is -2.11. The Labute approximate surface area is 153 Å². The van der Waals surface area contributed by atoms with Gasteiger partial charge in [-0.3, -0.25) is 0 Å². The lowest BCUT2D eigenvalue weighted by atomic mass is 9.97. The van der Waals surface area contributed by atoms with Crippen molar-refractivity contribution in [3.05, 3.63) is 65.5 Å². The van der Waals surface area contributed by atoms with Gasteiger partial charge in [0, 0.05) is 10.9 Å². The van der Waals surface area contributed by atoms with E-state index in [-0.39, 0.29) is 11.1 Å². The molecule has 6 heteroatoms. The molecule has 3 rings (SSSR count). The third kappa shape index (κ3) is 4.04. The van der Waals surface area contributed by atoms with Gasteiger partial charge < -0.3 is 4.74 Å². The Morgan fingerprint density at radius 3 is 2.26 bits per heavy atom. The van der Waals surface area contributed by atoms with Crippen LogP contribution in [0.1, 0.15) is 25.3 Å². The van der Waals surface area contributed by atoms with Gasteiger partial charge in [-0.15, -0.1) is 0 Å². The maximum atomic E-state index is 14.9. The van der Waals surface area contributed by atoms with Gasteiger partial charge in [0.25, 0.3) is 0 Å². The summed E-state index contributed by atoms with van der Waals surface area (Å²) in [5, 5.41) is 1.00. The highest BCUT2D eigenvalue weighted by Crippen LogP contribution is 2.34. The smallest absolute Gasteiger partial charge is 0.387 e. The Morgan fingerprint density at radius 1 is 0.926 bits per heavy atom. The molecule has 27 heavy (non-hydrogen) atoms. The number of fused-ring (bicyclic) bond motifs is 1. The molecule has 3 aromatic rings. The van der Waals surface area contributed by atoms with E-state index in [9.17, 15) is 22.0 Å². The van der Waals surface area contributed by atoms with E-state index in [1.165, 1.54) is 6.07 Å². The molecule has 0 N–H and O–H groups in total. The zero-order chi connectivity index (χ0) is 19.6. The highest BCUT2D eigenvalue weighted by atomic mass is 19.3. The zero-order valence-electron chi connectivity index (χ0n) is 14.5. The van der Waals surface area contributed by atoms with E-state index in [0.29, 0.717) is 10.8 Å². The topological polar surface area (TPSA) is 9.23 Å². The molecule has 3 aromatic carbocycles. The molecule has 0 unspecified atom stereocenters. The van der Waals surface area contributed by atoms with Gasteiger partial charge in [-0.05, 0) is 41.5 Å². The molecule has 0 atom stereocenters. The van der Waals surface area contributed by atoms with Gasteiger partial charge in [-0.1, -0.05) is 43.7 Å². The summed E-state index contributed by atoms with van der Waals surface area (Å²) in [5.74, 6) is -4.45. The molecule has 1 nitrogen and oxygen atoms in total. The Morgan fingerprint density at radius 2 is 1.63 bits per heavy atom. The summed E-state index contributed by atoms with van der Waals surface area (Å²) in [6.07, 6.45) is 2.96. The molecular formula is C21H17F5O. The molecule has 0 saturated heterocycles. The lowest BCUT2D eigenvalue weighted by Crippen LogP contribution is -2.06. The fourth-order valence-electron chi connectivity index (χ4n) is 3.02. The van der Waals surface area contributed by atoms with Crippen LogP contribution < -0.4 is 4.74 Å². The van der Waals surface area contributed by atoms with E-state index < -0.39 is 29.8 Å². The summed E-state index contributed by atoms with van der Waals surface area (Å²) in [4.78, 5) is 0. The quantitative estimate of drug-likeness (QED) is 0.424. The molecule has 0 heterocycles. The second-order valence-electron chi connectivity index (χ2n) is 6.23. The first-order valence-corrected chi connectivity index (χ1v) is 8.56. The molecule has 0 fully saturated rings. The van der Waals surface area contributed by atoms with Crippen molar-refractivity contribution in [3.63, 3.8) is 0 Å². The minimum Gasteiger partial charge on any atom is -0.429 e. The summed E-state index contributed by atoms with van der Waals surface area (Å²) in [5.41, 5.74) is 0.966. The lowest BCUT2D eigenvalue weighted by molar-refractivity contribution is -0.0546. The summed E-state index contributed by atoms with van der Waals surface area (Å²) in [7, 11) is 0. The standard InChI is InChI=1S/C21H17F5O/c1-2-3-4-12-5-7-15-13(9-12)6-8-16(19(15)24)14-10-17(22)20(18(23)11-14)27-21(25)26/h5-11,21H,2-4H2,1H3. The fraction of sp³-hybridized carbons (Fsp3) is 0.238. The van der Waals surface area contributed by atoms with Crippen LogP contribution in [-0.4, -0.2) is 6.61 Å². The Kier molecular flexibility index (Phi) is 5.63. The van der Waals surface area contributed by atoms with Crippen molar-refractivity contribution in [2.24, 2.45) is 0 Å². The van der Waals surface area contributed by atoms with Crippen LogP contribution in [0.5, 0.6) is 5.75 Å². The predicted octanol–water partition coefficient (Wildman–Crippen LogP) is 6.87. The number of hydrogen-bond donors (Lipinski definition) is 0. The molecule has 0 amide bonds. The van der Waals surface area contributed by atoms with E-state index in [1.807, 2.05) is 12.1 Å². The van der Waals surface area contributed by atoms with Gasteiger partial charge in [-0.2, -0.15) is 8.78 Å². The van der Waals surface area contributed by atoms with E-state index in [0.717, 1.165) is 37.0 Å². The van der Waals surface area contributed by atoms with Gasteiger partial charge in [0.05, 0.1) is 0 Å². The molecular weight excluding hydrogens is 363 g/mol. The van der Waals surface area contributed by atoms with Crippen LogP contribution in [0.25, 0.3) is 21.9 Å². The number of benzene rings is 3. The van der Waals surface area contributed by atoms with Crippen LogP contribution in [0.2, 0.25) is 0 Å². The fourth-order valence-corrected chi connectivity index (χ4v) is 3.02. The van der Waals surface area contributed by atoms with Gasteiger partial charge in [0.1, 0.15) is 5.82 Å². The Hall–Kier alpha value is -2.63. The van der Waals surface area contributed by atoms with Crippen molar-refractivity contribution >= 4 is 10.8 Å². The van der Waals surface area contributed by atoms with Crippen molar-refractivity contribution in [3.8, 4) is 16.9 Å². The number of unbranched alkanes of at least 4 members (excludes halogenated alkanes) is 1. The van der Waals surface area contributed by atoms with E-state index in [4.69, 9.17) is 0 Å². The van der Waals surface area contributed by atoms with E-state index >= 15 is 0 Å². The molecule has 0 saturated carbocycles. The van der Waals surface area contributed by atoms with Crippen LogP contribution in [-0.2, 0) is 6.42 Å². The molecule has 0 aliphatic rings. The van der Waals surface area contributed by atoms with Crippen molar-refractivity contribution in [1.82, 2.24) is 0 Å². The van der Waals surface area contributed by atoms with Crippen molar-refractivity contribution in [1.29, 1.82) is 0 Å². The number of halogens is 5. The summed E-state index contributed by atoms with van der Waals surface area (Å²) in [6.45, 7) is -1.28. The number of rotatable bonds is 6. The maximum Gasteiger partial charge on any atom is 0.387 e. The van der Waals surface area contributed by atoms with Gasteiger partial charge in [0.2, 0.25) is 0 Å². The van der Waals surface area contributed by atoms with Crippen molar-refractivity contribution in [2.45, 2.75) is 32.8 Å². The average molecular weight is 380 g/mol. The molecule has 0 aliphatic heterocycles. The minimum absolute atomic E-state index is 0.0230. The average Bonchev–Trinajstić information content (AvgIpc) is 2.63. The first-order chi connectivity index (χ1) is 12.9. The highest BCUT2D eigenvalue weighted by molar-refractivity contribution is 5.88. The van der Waals surface area contributed by atoms with Crippen LogP contribution in [0.3, 0.4) is 0 Å². The largest absolute Gasteiger partial charge is 0.429 e. The van der Waals surface area contributed by atoms with Crippen molar-refractivity contribution in [2.75, 3.05) is 0 Å². The SMILES string of the molecule is CCCCc1ccc2c(F)c(-c3cc(F)c(OC(F)F)c(F)c3)ccc2c1. The highest BCUT2D eigenvalue weighted by Gasteiger charge is 2.19. The van der Waals surface area contributed by atoms with Gasteiger partial charge >= 0.3 is 6.61 Å². The second kappa shape index (κ2) is 7.94. The van der Waals surface area contributed by atoms with Gasteiger partial charge in [0.15, 0.2) is 17.4 Å². The Balaban J connectivity index is 2.03. The number of ether oxygens (including phenoxy) is 1. The third-order valence-electron chi connectivity index (χ3n) is 4.35. The molecule has 142 valence electrons. The molecule has 0 aromatic heterocycles. The first kappa shape index (κ1) is 19.1. The monoisotopic (exact) mass is 380 g/mol. The number of aryl methyl sites for hydroxylation is 1. The summed E-state index contributed by atoms with van der Waals surface area (Å²) in [6, 6.07) is 10.00. The van der Waals surface area contributed by atoms with Crippen LogP contribution in [0.15, 0.2) is 42.5 Å². The maximum absolute atomic E-state index is 14.9. The molecule has 0 aliphatic carbocycles. The van der Waals surface area contributed by atoms with Crippen LogP contribution >= 0.6 is 0 Å². The third-order valence-corrected chi connectivity index (χ3v) is 4.35. The van der Waals surface area contributed by atoms with Gasteiger partial charge in [-0.25, -0.2) is 13.2 Å². The molecule has 0 bridgehead atoms. The summed E-state index contributed by atoms with van der Waals surface area (Å²) >= 11 is 0. The second-order valence-corrected chi connectivity index (χ2v) is 6.23. The van der Waals surface area contributed by atoms with Crippen molar-refractivity contribution < 1.29 is 26.7 Å². The zero-order valence-corrected chi connectivity index (χ0v) is 14.5. The van der Waals surface area contributed by atoms with E-state index in [1.54, 1.807) is 12.1 Å². The molecule has 0 radical (unpaired) electrons. The normalized spacial score (nSPS) is 11.4. The number of alkyl halides is 2. The molecule has 0 spiro atoms. The number of hydrogen-bond acceptors (Lipinski definition) is 1. The Bertz CT molecular complexity index is 945.